The molecule has 9 aromatic rings. The molecule has 0 saturated heterocycles. The Morgan fingerprint density at radius 2 is 1.40 bits per heavy atom. The lowest BCUT2D eigenvalue weighted by Gasteiger charge is -2.14. The molecule has 4 heterocycles. The standard InChI is InChI=1S/C37H19N5O/c1-39-23-12-14-32-29(19-23)27-8-3-4-9-30(27)41(32)24-17-22(21-38)18-25(20-24)42-31-10-5-2-7-26(31)28-13-15-33-35(37(28)42)36-34(43-33)11-6-16-40-36/h2-20H. The van der Waals surface area contributed by atoms with Crippen molar-refractivity contribution in [2.45, 2.75) is 0 Å². The van der Waals surface area contributed by atoms with Crippen LogP contribution in [0.2, 0.25) is 0 Å². The zero-order chi connectivity index (χ0) is 28.7. The number of hydrogen-bond acceptors (Lipinski definition) is 3. The summed E-state index contributed by atoms with van der Waals surface area (Å²) in [5.41, 5.74) is 9.17. The highest BCUT2D eigenvalue weighted by Gasteiger charge is 2.21. The maximum Gasteiger partial charge on any atom is 0.188 e. The predicted octanol–water partition coefficient (Wildman–Crippen LogP) is 9.60. The molecule has 0 aliphatic carbocycles. The Morgan fingerprint density at radius 3 is 2.19 bits per heavy atom. The van der Waals surface area contributed by atoms with Crippen molar-refractivity contribution in [3.8, 4) is 17.4 Å². The van der Waals surface area contributed by atoms with Crippen LogP contribution in [0.1, 0.15) is 5.56 Å². The Labute approximate surface area is 244 Å². The second-order valence-electron chi connectivity index (χ2n) is 10.7. The van der Waals surface area contributed by atoms with E-state index in [1.807, 2.05) is 66.7 Å². The minimum atomic E-state index is 0.546. The Kier molecular flexibility index (Phi) is 4.65. The van der Waals surface area contributed by atoms with Crippen LogP contribution in [0.15, 0.2) is 120 Å². The van der Waals surface area contributed by atoms with Crippen LogP contribution in [0.3, 0.4) is 0 Å². The first-order valence-corrected chi connectivity index (χ1v) is 13.9. The number of benzene rings is 5. The second-order valence-corrected chi connectivity index (χ2v) is 10.7. The molecule has 43 heavy (non-hydrogen) atoms. The number of furan rings is 1. The number of nitrogens with zero attached hydrogens (tertiary/aromatic N) is 5. The monoisotopic (exact) mass is 549 g/mol. The molecule has 0 spiro atoms. The summed E-state index contributed by atoms with van der Waals surface area (Å²) >= 11 is 0. The van der Waals surface area contributed by atoms with Crippen LogP contribution in [-0.4, -0.2) is 14.1 Å². The molecule has 0 amide bonds. The fraction of sp³-hybridized carbons (Fsp3) is 0. The minimum absolute atomic E-state index is 0.546. The molecule has 0 radical (unpaired) electrons. The van der Waals surface area contributed by atoms with Gasteiger partial charge in [-0.05, 0) is 72.1 Å². The van der Waals surface area contributed by atoms with Crippen molar-refractivity contribution in [3.63, 3.8) is 0 Å². The molecule has 6 nitrogen and oxygen atoms in total. The Morgan fingerprint density at radius 1 is 0.674 bits per heavy atom. The van der Waals surface area contributed by atoms with Gasteiger partial charge in [-0.15, -0.1) is 0 Å². The van der Waals surface area contributed by atoms with Gasteiger partial charge in [-0.2, -0.15) is 5.26 Å². The molecule has 0 saturated carbocycles. The summed E-state index contributed by atoms with van der Waals surface area (Å²) in [5, 5.41) is 15.5. The molecule has 0 unspecified atom stereocenters. The zero-order valence-electron chi connectivity index (χ0n) is 22.6. The van der Waals surface area contributed by atoms with Crippen molar-refractivity contribution in [1.29, 1.82) is 5.26 Å². The lowest BCUT2D eigenvalue weighted by molar-refractivity contribution is 0.668. The average molecular weight is 550 g/mol. The Hall–Kier alpha value is -6.37. The Bertz CT molecular complexity index is 2710. The summed E-state index contributed by atoms with van der Waals surface area (Å²) in [4.78, 5) is 8.38. The van der Waals surface area contributed by atoms with Gasteiger partial charge in [0.25, 0.3) is 0 Å². The topological polar surface area (TPSA) is 64.0 Å². The van der Waals surface area contributed by atoms with E-state index < -0.39 is 0 Å². The number of aromatic nitrogens is 3. The summed E-state index contributed by atoms with van der Waals surface area (Å²) in [6.45, 7) is 7.56. The molecule has 0 aliphatic rings. The highest BCUT2D eigenvalue weighted by atomic mass is 16.3. The fourth-order valence-corrected chi connectivity index (χ4v) is 6.63. The fourth-order valence-electron chi connectivity index (χ4n) is 6.63. The van der Waals surface area contributed by atoms with Gasteiger partial charge in [0, 0.05) is 33.7 Å². The summed E-state index contributed by atoms with van der Waals surface area (Å²) in [6.07, 6.45) is 1.79. The van der Waals surface area contributed by atoms with E-state index >= 15 is 0 Å². The lowest BCUT2D eigenvalue weighted by Crippen LogP contribution is -2.00. The number of rotatable bonds is 2. The van der Waals surface area contributed by atoms with E-state index in [1.54, 1.807) is 6.20 Å². The van der Waals surface area contributed by atoms with Gasteiger partial charge in [0.15, 0.2) is 11.3 Å². The predicted molar refractivity (Wildman–Crippen MR) is 171 cm³/mol. The van der Waals surface area contributed by atoms with Crippen molar-refractivity contribution in [1.82, 2.24) is 14.1 Å². The molecule has 0 aliphatic heterocycles. The first-order chi connectivity index (χ1) is 21.2. The Balaban J connectivity index is 1.43. The number of hydrogen-bond donors (Lipinski definition) is 0. The summed E-state index contributed by atoms with van der Waals surface area (Å²) in [6, 6.07) is 38.7. The van der Waals surface area contributed by atoms with Crippen molar-refractivity contribution in [2.24, 2.45) is 0 Å². The van der Waals surface area contributed by atoms with Crippen LogP contribution in [0.5, 0.6) is 0 Å². The molecular weight excluding hydrogens is 530 g/mol. The summed E-state index contributed by atoms with van der Waals surface area (Å²) < 4.78 is 10.6. The van der Waals surface area contributed by atoms with Crippen LogP contribution < -0.4 is 0 Å². The van der Waals surface area contributed by atoms with Crippen molar-refractivity contribution < 1.29 is 4.42 Å². The van der Waals surface area contributed by atoms with Crippen LogP contribution in [0.25, 0.3) is 81.9 Å². The number of fused-ring (bicyclic) bond motifs is 10. The summed E-state index contributed by atoms with van der Waals surface area (Å²) in [7, 11) is 0. The van der Waals surface area contributed by atoms with Gasteiger partial charge in [-0.25, -0.2) is 4.85 Å². The van der Waals surface area contributed by atoms with Crippen molar-refractivity contribution in [3.05, 3.63) is 132 Å². The van der Waals surface area contributed by atoms with E-state index in [0.717, 1.165) is 77.1 Å². The van der Waals surface area contributed by atoms with Gasteiger partial charge in [0.2, 0.25) is 0 Å². The van der Waals surface area contributed by atoms with Gasteiger partial charge in [0.05, 0.1) is 45.7 Å². The SMILES string of the molecule is [C-]#[N+]c1ccc2c(c1)c1ccccc1n2-c1cc(C#N)cc(-n2c3ccccc3c3ccc4oc5cccnc5c4c32)c1. The maximum atomic E-state index is 10.3. The molecule has 0 bridgehead atoms. The van der Waals surface area contributed by atoms with Crippen LogP contribution in [0.4, 0.5) is 5.69 Å². The van der Waals surface area contributed by atoms with Gasteiger partial charge in [0.1, 0.15) is 11.1 Å². The third-order valence-electron chi connectivity index (χ3n) is 8.36. The third kappa shape index (κ3) is 3.18. The third-order valence-corrected chi connectivity index (χ3v) is 8.36. The zero-order valence-corrected chi connectivity index (χ0v) is 22.6. The number of pyridine rings is 1. The largest absolute Gasteiger partial charge is 0.454 e. The first kappa shape index (κ1) is 23.3. The molecule has 0 atom stereocenters. The second kappa shape index (κ2) is 8.57. The molecule has 4 aromatic heterocycles. The normalized spacial score (nSPS) is 11.7. The highest BCUT2D eigenvalue weighted by molar-refractivity contribution is 6.23. The minimum Gasteiger partial charge on any atom is -0.454 e. The molecule has 9 rings (SSSR count). The van der Waals surface area contributed by atoms with E-state index in [0.29, 0.717) is 11.3 Å². The smallest absolute Gasteiger partial charge is 0.188 e. The van der Waals surface area contributed by atoms with Gasteiger partial charge in [-0.3, -0.25) is 4.98 Å². The van der Waals surface area contributed by atoms with E-state index in [-0.39, 0.29) is 0 Å². The van der Waals surface area contributed by atoms with Crippen molar-refractivity contribution >= 4 is 71.4 Å². The molecule has 198 valence electrons. The molecule has 5 aromatic carbocycles. The van der Waals surface area contributed by atoms with Crippen LogP contribution in [-0.2, 0) is 0 Å². The van der Waals surface area contributed by atoms with E-state index in [9.17, 15) is 5.26 Å². The number of para-hydroxylation sites is 2. The summed E-state index contributed by atoms with van der Waals surface area (Å²) in [5.74, 6) is 0. The van der Waals surface area contributed by atoms with Gasteiger partial charge in [-0.1, -0.05) is 42.5 Å². The van der Waals surface area contributed by atoms with E-state index in [4.69, 9.17) is 16.0 Å². The quantitative estimate of drug-likeness (QED) is 0.202. The van der Waals surface area contributed by atoms with Gasteiger partial charge < -0.3 is 13.6 Å². The van der Waals surface area contributed by atoms with Crippen molar-refractivity contribution in [2.75, 3.05) is 0 Å². The molecule has 0 N–H and O–H groups in total. The lowest BCUT2D eigenvalue weighted by atomic mass is 10.1. The highest BCUT2D eigenvalue weighted by Crippen LogP contribution is 2.41. The average Bonchev–Trinajstić information content (AvgIpc) is 3.71. The first-order valence-electron chi connectivity index (χ1n) is 13.9. The van der Waals surface area contributed by atoms with Crippen LogP contribution in [0, 0.1) is 17.9 Å². The molecule has 0 fully saturated rings. The molecular formula is C37H19N5O. The van der Waals surface area contributed by atoms with Crippen LogP contribution >= 0.6 is 0 Å². The number of nitriles is 1. The van der Waals surface area contributed by atoms with Gasteiger partial charge >= 0.3 is 0 Å². The molecule has 6 heteroatoms. The van der Waals surface area contributed by atoms with E-state index in [1.165, 1.54) is 0 Å². The maximum absolute atomic E-state index is 10.3. The van der Waals surface area contributed by atoms with E-state index in [2.05, 4.69) is 62.5 Å².